The van der Waals surface area contributed by atoms with Crippen molar-refractivity contribution in [2.75, 3.05) is 6.61 Å². The average molecular weight is 474 g/mol. The van der Waals surface area contributed by atoms with Crippen LogP contribution in [0.5, 0.6) is 0 Å². The van der Waals surface area contributed by atoms with Gasteiger partial charge in [-0.2, -0.15) is 0 Å². The summed E-state index contributed by atoms with van der Waals surface area (Å²) in [6, 6.07) is 0. The summed E-state index contributed by atoms with van der Waals surface area (Å²) in [6.45, 7) is 14.3. The second kappa shape index (κ2) is 7.70. The maximum Gasteiger partial charge on any atom is 0.0594 e. The number of carboxylic acids is 1. The minimum absolute atomic E-state index is 0.0365. The Hall–Kier alpha value is -0.610. The third kappa shape index (κ3) is 2.93. The van der Waals surface area contributed by atoms with Gasteiger partial charge < -0.3 is 20.1 Å². The van der Waals surface area contributed by atoms with Gasteiger partial charge in [0.15, 0.2) is 0 Å². The highest BCUT2D eigenvalue weighted by Gasteiger charge is 2.70. The van der Waals surface area contributed by atoms with Gasteiger partial charge in [0.2, 0.25) is 0 Å². The van der Waals surface area contributed by atoms with Crippen LogP contribution in [0.4, 0.5) is 0 Å². The minimum atomic E-state index is -0.915. The summed E-state index contributed by atoms with van der Waals surface area (Å²) in [7, 11) is 0. The van der Waals surface area contributed by atoms with E-state index in [1.807, 2.05) is 6.92 Å². The Morgan fingerprint density at radius 2 is 1.59 bits per heavy atom. The lowest BCUT2D eigenvalue weighted by Crippen LogP contribution is -2.67. The Kier molecular flexibility index (Phi) is 5.67. The summed E-state index contributed by atoms with van der Waals surface area (Å²) >= 11 is 0. The van der Waals surface area contributed by atoms with Gasteiger partial charge in [-0.25, -0.2) is 0 Å². The van der Waals surface area contributed by atoms with E-state index in [2.05, 4.69) is 34.6 Å². The van der Waals surface area contributed by atoms with E-state index in [0.717, 1.165) is 44.9 Å². The number of hydrogen-bond acceptors (Lipinski definition) is 4. The van der Waals surface area contributed by atoms with Crippen molar-refractivity contribution in [2.24, 2.45) is 62.6 Å². The Bertz CT molecular complexity index is 838. The van der Waals surface area contributed by atoms with Gasteiger partial charge in [0.1, 0.15) is 0 Å². The third-order valence-electron chi connectivity index (χ3n) is 14.0. The SMILES string of the molecule is C[C@H](C(=O)[O-])[C@H]1CC[C@@]2(CO)CC[C@]3(C)[C@@H](CC[C@@H]4[C@]5(C)CC[C@H](O)C(C)(C)[C@@H]5CC[C@@]43C)[C@H]12. The van der Waals surface area contributed by atoms with E-state index in [-0.39, 0.29) is 51.6 Å². The molecule has 0 aliphatic heterocycles. The molecule has 0 unspecified atom stereocenters. The van der Waals surface area contributed by atoms with Crippen molar-refractivity contribution in [1.29, 1.82) is 0 Å². The standard InChI is InChI=1S/C30H50O4/c1-18(25(33)34)19-9-14-30(17-31)16-15-28(5)20(24(19)30)7-8-22-27(4)12-11-23(32)26(2,3)21(27)10-13-29(22,28)6/h18-24,31-32H,7-17H2,1-6H3,(H,33,34)/p-1/t18-,19+,20-,21-,22+,23-,24-,27+,28+,29-,30-/m0/s1. The summed E-state index contributed by atoms with van der Waals surface area (Å²) in [5.41, 5.74) is 0.508. The Morgan fingerprint density at radius 3 is 2.24 bits per heavy atom. The van der Waals surface area contributed by atoms with Crippen LogP contribution in [0.1, 0.15) is 106 Å². The zero-order valence-electron chi connectivity index (χ0n) is 22.5. The van der Waals surface area contributed by atoms with Gasteiger partial charge in [-0.05, 0) is 127 Å². The van der Waals surface area contributed by atoms with Crippen molar-refractivity contribution < 1.29 is 20.1 Å². The van der Waals surface area contributed by atoms with Gasteiger partial charge in [-0.1, -0.05) is 41.5 Å². The molecule has 0 aromatic rings. The zero-order chi connectivity index (χ0) is 24.9. The summed E-state index contributed by atoms with van der Waals surface area (Å²) in [6.07, 6.45) is 10.7. The van der Waals surface area contributed by atoms with E-state index in [1.165, 1.54) is 19.3 Å². The van der Waals surface area contributed by atoms with E-state index in [0.29, 0.717) is 17.8 Å². The van der Waals surface area contributed by atoms with Gasteiger partial charge in [0.25, 0.3) is 0 Å². The fraction of sp³-hybridized carbons (Fsp3) is 0.967. The van der Waals surface area contributed by atoms with Crippen LogP contribution in [-0.4, -0.2) is 28.9 Å². The molecule has 11 atom stereocenters. The molecule has 4 nitrogen and oxygen atoms in total. The van der Waals surface area contributed by atoms with Crippen LogP contribution in [0, 0.1) is 62.6 Å². The van der Waals surface area contributed by atoms with Crippen molar-refractivity contribution in [1.82, 2.24) is 0 Å². The Morgan fingerprint density at radius 1 is 0.882 bits per heavy atom. The van der Waals surface area contributed by atoms with Crippen LogP contribution in [0.3, 0.4) is 0 Å². The van der Waals surface area contributed by atoms with Crippen LogP contribution in [-0.2, 0) is 4.79 Å². The Balaban J connectivity index is 1.54. The molecular weight excluding hydrogens is 424 g/mol. The second-order valence-electron chi connectivity index (χ2n) is 14.9. The van der Waals surface area contributed by atoms with Gasteiger partial charge in [-0.15, -0.1) is 0 Å². The molecular formula is C30H49O4-. The van der Waals surface area contributed by atoms with E-state index in [1.54, 1.807) is 0 Å². The van der Waals surface area contributed by atoms with Gasteiger partial charge in [0.05, 0.1) is 6.10 Å². The molecule has 2 N–H and O–H groups in total. The number of fused-ring (bicyclic) bond motifs is 7. The zero-order valence-corrected chi connectivity index (χ0v) is 22.5. The molecule has 0 amide bonds. The lowest BCUT2D eigenvalue weighted by atomic mass is 9.32. The topological polar surface area (TPSA) is 80.6 Å². The predicted molar refractivity (Wildman–Crippen MR) is 131 cm³/mol. The number of carbonyl (C=O) groups is 1. The monoisotopic (exact) mass is 473 g/mol. The van der Waals surface area contributed by atoms with E-state index in [9.17, 15) is 20.1 Å². The molecule has 0 aromatic heterocycles. The molecule has 0 aromatic carbocycles. The molecule has 5 aliphatic rings. The first kappa shape index (κ1) is 25.1. The normalized spacial score (nSPS) is 54.8. The van der Waals surface area contributed by atoms with E-state index < -0.39 is 11.9 Å². The highest BCUT2D eigenvalue weighted by molar-refractivity contribution is 5.67. The maximum atomic E-state index is 12.0. The largest absolute Gasteiger partial charge is 0.550 e. The van der Waals surface area contributed by atoms with Gasteiger partial charge in [0, 0.05) is 12.6 Å². The minimum Gasteiger partial charge on any atom is -0.550 e. The number of aliphatic hydroxyl groups excluding tert-OH is 2. The molecule has 5 rings (SSSR count). The first-order chi connectivity index (χ1) is 15.8. The molecule has 4 heteroatoms. The van der Waals surface area contributed by atoms with Crippen molar-refractivity contribution in [3.05, 3.63) is 0 Å². The van der Waals surface area contributed by atoms with Crippen molar-refractivity contribution in [2.45, 2.75) is 112 Å². The Labute approximate surface area is 207 Å². The molecule has 5 aliphatic carbocycles. The number of rotatable bonds is 3. The van der Waals surface area contributed by atoms with E-state index >= 15 is 0 Å². The van der Waals surface area contributed by atoms with E-state index in [4.69, 9.17) is 0 Å². The first-order valence-electron chi connectivity index (χ1n) is 14.3. The lowest BCUT2D eigenvalue weighted by molar-refractivity contribution is -0.314. The van der Waals surface area contributed by atoms with Crippen LogP contribution in [0.15, 0.2) is 0 Å². The number of aliphatic carboxylic acids is 1. The molecule has 34 heavy (non-hydrogen) atoms. The molecule has 5 saturated carbocycles. The van der Waals surface area contributed by atoms with Crippen LogP contribution in [0.2, 0.25) is 0 Å². The molecule has 0 heterocycles. The molecule has 0 saturated heterocycles. The van der Waals surface area contributed by atoms with Crippen molar-refractivity contribution in [3.8, 4) is 0 Å². The highest BCUT2D eigenvalue weighted by Crippen LogP contribution is 2.77. The maximum absolute atomic E-state index is 12.0. The quantitative estimate of drug-likeness (QED) is 0.617. The first-order valence-corrected chi connectivity index (χ1v) is 14.3. The molecule has 0 spiro atoms. The van der Waals surface area contributed by atoms with Crippen molar-refractivity contribution >= 4 is 5.97 Å². The number of aliphatic hydroxyl groups is 2. The average Bonchev–Trinajstić information content (AvgIpc) is 3.16. The molecule has 0 bridgehead atoms. The molecule has 5 fully saturated rings. The molecule has 194 valence electrons. The third-order valence-corrected chi connectivity index (χ3v) is 14.0. The summed E-state index contributed by atoms with van der Waals surface area (Å²) in [5.74, 6) is 0.731. The summed E-state index contributed by atoms with van der Waals surface area (Å²) in [5, 5.41) is 33.5. The summed E-state index contributed by atoms with van der Waals surface area (Å²) < 4.78 is 0. The van der Waals surface area contributed by atoms with Crippen molar-refractivity contribution in [3.63, 3.8) is 0 Å². The van der Waals surface area contributed by atoms with Crippen LogP contribution in [0.25, 0.3) is 0 Å². The highest BCUT2D eigenvalue weighted by atomic mass is 16.4. The number of carbonyl (C=O) groups excluding carboxylic acids is 1. The lowest BCUT2D eigenvalue weighted by Gasteiger charge is -2.73. The predicted octanol–water partition coefficient (Wildman–Crippen LogP) is 4.81. The number of carboxylic acid groups (broad SMARTS) is 1. The fourth-order valence-electron chi connectivity index (χ4n) is 11.8. The van der Waals surface area contributed by atoms with Gasteiger partial charge >= 0.3 is 0 Å². The van der Waals surface area contributed by atoms with Crippen LogP contribution < -0.4 is 5.11 Å². The smallest absolute Gasteiger partial charge is 0.0594 e. The summed E-state index contributed by atoms with van der Waals surface area (Å²) in [4.78, 5) is 12.0. The second-order valence-corrected chi connectivity index (χ2v) is 14.9. The van der Waals surface area contributed by atoms with Crippen LogP contribution >= 0.6 is 0 Å². The fourth-order valence-corrected chi connectivity index (χ4v) is 11.8. The number of hydrogen-bond donors (Lipinski definition) is 2. The van der Waals surface area contributed by atoms with Gasteiger partial charge in [-0.3, -0.25) is 0 Å². The molecule has 0 radical (unpaired) electrons.